The van der Waals surface area contributed by atoms with Gasteiger partial charge < -0.3 is 9.88 Å². The van der Waals surface area contributed by atoms with Crippen LogP contribution in [0.1, 0.15) is 42.0 Å². The van der Waals surface area contributed by atoms with Crippen LogP contribution in [0.2, 0.25) is 0 Å². The SMILES string of the molecule is CCCCc1ccc(NC(=O)CSc2cn(Cc3cc(C)ccc3C)c3ccccc23)cc1. The third kappa shape index (κ3) is 5.88. The lowest BCUT2D eigenvalue weighted by molar-refractivity contribution is -0.113. The summed E-state index contributed by atoms with van der Waals surface area (Å²) in [4.78, 5) is 13.8. The van der Waals surface area contributed by atoms with Crippen LogP contribution < -0.4 is 5.32 Å². The van der Waals surface area contributed by atoms with Crippen molar-refractivity contribution in [1.82, 2.24) is 4.57 Å². The molecule has 0 aliphatic heterocycles. The summed E-state index contributed by atoms with van der Waals surface area (Å²) in [5, 5.41) is 4.23. The number of aromatic nitrogens is 1. The number of nitrogens with one attached hydrogen (secondary N) is 1. The van der Waals surface area contributed by atoms with Crippen LogP contribution in [0.3, 0.4) is 0 Å². The molecule has 0 unspecified atom stereocenters. The van der Waals surface area contributed by atoms with Crippen molar-refractivity contribution < 1.29 is 4.79 Å². The van der Waals surface area contributed by atoms with Gasteiger partial charge in [-0.15, -0.1) is 11.8 Å². The number of carbonyl (C=O) groups is 1. The van der Waals surface area contributed by atoms with Crippen molar-refractivity contribution >= 4 is 34.3 Å². The number of hydrogen-bond acceptors (Lipinski definition) is 2. The van der Waals surface area contributed by atoms with Crippen molar-refractivity contribution in [3.05, 3.63) is 95.2 Å². The van der Waals surface area contributed by atoms with Crippen LogP contribution in [0.4, 0.5) is 5.69 Å². The summed E-state index contributed by atoms with van der Waals surface area (Å²) < 4.78 is 2.30. The molecule has 1 aromatic heterocycles. The molecule has 4 aromatic rings. The Hall–Kier alpha value is -2.98. The molecule has 0 fully saturated rings. The Balaban J connectivity index is 1.44. The number of anilines is 1. The van der Waals surface area contributed by atoms with Crippen molar-refractivity contribution in [1.29, 1.82) is 0 Å². The van der Waals surface area contributed by atoms with E-state index in [9.17, 15) is 4.79 Å². The first-order chi connectivity index (χ1) is 16.0. The summed E-state index contributed by atoms with van der Waals surface area (Å²) >= 11 is 1.60. The monoisotopic (exact) mass is 456 g/mol. The van der Waals surface area contributed by atoms with Crippen LogP contribution >= 0.6 is 11.8 Å². The molecule has 0 saturated carbocycles. The molecule has 170 valence electrons. The number of unbranched alkanes of at least 4 members (excludes halogenated alkanes) is 1. The van der Waals surface area contributed by atoms with E-state index < -0.39 is 0 Å². The predicted octanol–water partition coefficient (Wildman–Crippen LogP) is 7.38. The molecule has 1 N–H and O–H groups in total. The third-order valence-electron chi connectivity index (χ3n) is 6.01. The zero-order valence-electron chi connectivity index (χ0n) is 19.7. The molecule has 0 aliphatic rings. The quantitative estimate of drug-likeness (QED) is 0.267. The van der Waals surface area contributed by atoms with E-state index >= 15 is 0 Å². The Labute approximate surface area is 201 Å². The number of benzene rings is 3. The lowest BCUT2D eigenvalue weighted by Crippen LogP contribution is -2.13. The van der Waals surface area contributed by atoms with Gasteiger partial charge in [0.2, 0.25) is 5.91 Å². The van der Waals surface area contributed by atoms with Gasteiger partial charge in [-0.05, 0) is 61.6 Å². The van der Waals surface area contributed by atoms with Crippen molar-refractivity contribution in [2.45, 2.75) is 51.5 Å². The van der Waals surface area contributed by atoms with Crippen molar-refractivity contribution in [2.75, 3.05) is 11.1 Å². The average molecular weight is 457 g/mol. The number of carbonyl (C=O) groups excluding carboxylic acids is 1. The summed E-state index contributed by atoms with van der Waals surface area (Å²) in [5.74, 6) is 0.405. The Morgan fingerprint density at radius 3 is 2.58 bits per heavy atom. The molecule has 0 saturated heterocycles. The van der Waals surface area contributed by atoms with Gasteiger partial charge in [0.1, 0.15) is 0 Å². The second kappa shape index (κ2) is 10.8. The van der Waals surface area contributed by atoms with Gasteiger partial charge >= 0.3 is 0 Å². The lowest BCUT2D eigenvalue weighted by atomic mass is 10.1. The molecule has 33 heavy (non-hydrogen) atoms. The molecule has 3 nitrogen and oxygen atoms in total. The van der Waals surface area contributed by atoms with Crippen molar-refractivity contribution in [3.63, 3.8) is 0 Å². The molecule has 0 aliphatic carbocycles. The Morgan fingerprint density at radius 1 is 1.00 bits per heavy atom. The van der Waals surface area contributed by atoms with Gasteiger partial charge in [0, 0.05) is 34.2 Å². The molecule has 0 spiro atoms. The fourth-order valence-corrected chi connectivity index (χ4v) is 4.98. The molecule has 3 aromatic carbocycles. The van der Waals surface area contributed by atoms with E-state index in [1.165, 1.54) is 46.0 Å². The highest BCUT2D eigenvalue weighted by Crippen LogP contribution is 2.31. The first kappa shape index (κ1) is 23.2. The molecular formula is C29H32N2OS. The third-order valence-corrected chi connectivity index (χ3v) is 7.06. The fraction of sp³-hybridized carbons (Fsp3) is 0.276. The Kier molecular flexibility index (Phi) is 7.56. The van der Waals surface area contributed by atoms with E-state index in [1.54, 1.807) is 11.8 Å². The summed E-state index contributed by atoms with van der Waals surface area (Å²) in [6.45, 7) is 7.32. The van der Waals surface area contributed by atoms with E-state index in [1.807, 2.05) is 12.1 Å². The smallest absolute Gasteiger partial charge is 0.234 e. The van der Waals surface area contributed by atoms with Gasteiger partial charge in [-0.25, -0.2) is 0 Å². The van der Waals surface area contributed by atoms with Crippen LogP contribution in [-0.4, -0.2) is 16.2 Å². The second-order valence-corrected chi connectivity index (χ2v) is 9.72. The zero-order chi connectivity index (χ0) is 23.2. The Bertz CT molecular complexity index is 1240. The second-order valence-electron chi connectivity index (χ2n) is 8.71. The Morgan fingerprint density at radius 2 is 1.79 bits per heavy atom. The van der Waals surface area contributed by atoms with E-state index in [0.717, 1.165) is 23.5 Å². The standard InChI is InChI=1S/C29H32N2OS/c1-4-5-8-23-13-15-25(16-14-23)30-29(32)20-33-28-19-31(27-10-7-6-9-26(27)28)18-24-17-21(2)11-12-22(24)3/h6-7,9-17,19H,4-5,8,18,20H2,1-3H3,(H,30,32). The zero-order valence-corrected chi connectivity index (χ0v) is 20.5. The summed E-state index contributed by atoms with van der Waals surface area (Å²) in [6.07, 6.45) is 5.66. The average Bonchev–Trinajstić information content (AvgIpc) is 3.17. The number of para-hydroxylation sites is 1. The number of amides is 1. The molecule has 0 atom stereocenters. The summed E-state index contributed by atoms with van der Waals surface area (Å²) in [7, 11) is 0. The number of nitrogens with zero attached hydrogens (tertiary/aromatic N) is 1. The first-order valence-corrected chi connectivity index (χ1v) is 12.7. The molecule has 4 rings (SSSR count). The highest BCUT2D eigenvalue weighted by Gasteiger charge is 2.12. The minimum absolute atomic E-state index is 0.0210. The van der Waals surface area contributed by atoms with Crippen molar-refractivity contribution in [2.24, 2.45) is 0 Å². The maximum absolute atomic E-state index is 12.6. The fourth-order valence-electron chi connectivity index (χ4n) is 4.09. The molecule has 1 amide bonds. The van der Waals surface area contributed by atoms with Crippen LogP contribution in [0, 0.1) is 13.8 Å². The molecule has 1 heterocycles. The van der Waals surface area contributed by atoms with E-state index in [2.05, 4.69) is 91.4 Å². The van der Waals surface area contributed by atoms with Crippen LogP contribution in [0.25, 0.3) is 10.9 Å². The van der Waals surface area contributed by atoms with E-state index in [0.29, 0.717) is 5.75 Å². The van der Waals surface area contributed by atoms with Crippen LogP contribution in [0.15, 0.2) is 77.8 Å². The molecule has 4 heteroatoms. The highest BCUT2D eigenvalue weighted by atomic mass is 32.2. The van der Waals surface area contributed by atoms with Gasteiger partial charge in [-0.2, -0.15) is 0 Å². The van der Waals surface area contributed by atoms with Gasteiger partial charge in [0.05, 0.1) is 5.75 Å². The van der Waals surface area contributed by atoms with Gasteiger partial charge in [0.25, 0.3) is 0 Å². The van der Waals surface area contributed by atoms with Gasteiger partial charge in [-0.1, -0.05) is 67.4 Å². The molecule has 0 radical (unpaired) electrons. The number of thioether (sulfide) groups is 1. The number of fused-ring (bicyclic) bond motifs is 1. The van der Waals surface area contributed by atoms with Gasteiger partial charge in [-0.3, -0.25) is 4.79 Å². The number of rotatable bonds is 9. The largest absolute Gasteiger partial charge is 0.342 e. The molecule has 0 bridgehead atoms. The minimum atomic E-state index is 0.0210. The van der Waals surface area contributed by atoms with E-state index in [-0.39, 0.29) is 5.91 Å². The lowest BCUT2D eigenvalue weighted by Gasteiger charge is -2.09. The van der Waals surface area contributed by atoms with Gasteiger partial charge in [0.15, 0.2) is 0 Å². The van der Waals surface area contributed by atoms with Crippen LogP contribution in [0.5, 0.6) is 0 Å². The number of aryl methyl sites for hydroxylation is 3. The van der Waals surface area contributed by atoms with Crippen LogP contribution in [-0.2, 0) is 17.8 Å². The molecular weight excluding hydrogens is 424 g/mol. The maximum Gasteiger partial charge on any atom is 0.234 e. The normalized spacial score (nSPS) is 11.1. The first-order valence-electron chi connectivity index (χ1n) is 11.7. The predicted molar refractivity (Wildman–Crippen MR) is 141 cm³/mol. The van der Waals surface area contributed by atoms with Crippen molar-refractivity contribution in [3.8, 4) is 0 Å². The maximum atomic E-state index is 12.6. The topological polar surface area (TPSA) is 34.0 Å². The highest BCUT2D eigenvalue weighted by molar-refractivity contribution is 8.00. The summed E-state index contributed by atoms with van der Waals surface area (Å²) in [5.41, 5.74) is 7.28. The minimum Gasteiger partial charge on any atom is -0.342 e. The van der Waals surface area contributed by atoms with E-state index in [4.69, 9.17) is 0 Å². The summed E-state index contributed by atoms with van der Waals surface area (Å²) in [6, 6.07) is 23.3. The number of hydrogen-bond donors (Lipinski definition) is 1.